The third kappa shape index (κ3) is 1.94. The van der Waals surface area contributed by atoms with Crippen LogP contribution in [0.15, 0.2) is 18.2 Å². The van der Waals surface area contributed by atoms with Crippen molar-refractivity contribution >= 4 is 21.4 Å². The summed E-state index contributed by atoms with van der Waals surface area (Å²) >= 11 is 2.05. The van der Waals surface area contributed by atoms with E-state index in [0.717, 1.165) is 5.92 Å². The first-order chi connectivity index (χ1) is 8.69. The Kier molecular flexibility index (Phi) is 2.67. The molecule has 2 aromatic rings. The van der Waals surface area contributed by atoms with E-state index >= 15 is 0 Å². The summed E-state index contributed by atoms with van der Waals surface area (Å²) in [5.41, 5.74) is 3.78. The van der Waals surface area contributed by atoms with E-state index in [1.165, 1.54) is 22.1 Å². The first-order valence-electron chi connectivity index (χ1n) is 7.24. The fourth-order valence-corrected chi connectivity index (χ4v) is 5.04. The predicted molar refractivity (Wildman–Crippen MR) is 86.4 cm³/mol. The molecule has 1 aliphatic rings. The zero-order valence-corrected chi connectivity index (χ0v) is 13.7. The van der Waals surface area contributed by atoms with Crippen molar-refractivity contribution in [1.29, 1.82) is 0 Å². The largest absolute Gasteiger partial charge is 0.139 e. The van der Waals surface area contributed by atoms with Gasteiger partial charge in [-0.3, -0.25) is 0 Å². The normalized spacial score (nSPS) is 19.4. The molecule has 102 valence electrons. The third-order valence-corrected chi connectivity index (χ3v) is 5.82. The van der Waals surface area contributed by atoms with Crippen LogP contribution in [-0.4, -0.2) is 0 Å². The third-order valence-electron chi connectivity index (χ3n) is 4.43. The van der Waals surface area contributed by atoms with Crippen molar-refractivity contribution in [3.8, 4) is 0 Å². The second kappa shape index (κ2) is 3.85. The van der Waals surface area contributed by atoms with E-state index in [9.17, 15) is 0 Å². The van der Waals surface area contributed by atoms with Crippen LogP contribution in [0.25, 0.3) is 10.1 Å². The smallest absolute Gasteiger partial charge is 0.0385 e. The number of hydrogen-bond acceptors (Lipinski definition) is 1. The molecule has 0 aliphatic heterocycles. The Bertz CT molecular complexity index is 632. The molecule has 0 fully saturated rings. The highest BCUT2D eigenvalue weighted by Crippen LogP contribution is 2.54. The van der Waals surface area contributed by atoms with E-state index in [1.54, 1.807) is 10.4 Å². The minimum absolute atomic E-state index is 0.237. The molecule has 0 amide bonds. The highest BCUT2D eigenvalue weighted by atomic mass is 32.1. The van der Waals surface area contributed by atoms with Gasteiger partial charge in [-0.1, -0.05) is 59.7 Å². The number of thiophene rings is 1. The van der Waals surface area contributed by atoms with Crippen LogP contribution >= 0.6 is 11.3 Å². The van der Waals surface area contributed by atoms with Crippen LogP contribution in [0.2, 0.25) is 0 Å². The maximum absolute atomic E-state index is 2.37. The molecule has 0 saturated heterocycles. The molecule has 1 aromatic carbocycles. The predicted octanol–water partition coefficient (Wildman–Crippen LogP) is 5.88. The Morgan fingerprint density at radius 1 is 1.05 bits per heavy atom. The summed E-state index contributed by atoms with van der Waals surface area (Å²) in [4.78, 5) is 1.65. The molecule has 0 saturated carbocycles. The zero-order chi connectivity index (χ0) is 14.0. The van der Waals surface area contributed by atoms with Gasteiger partial charge in [-0.25, -0.2) is 0 Å². The lowest BCUT2D eigenvalue weighted by atomic mass is 9.68. The zero-order valence-electron chi connectivity index (χ0n) is 12.9. The number of benzene rings is 1. The average molecular weight is 272 g/mol. The second-order valence-corrected chi connectivity index (χ2v) is 9.05. The van der Waals surface area contributed by atoms with Crippen molar-refractivity contribution in [2.45, 2.75) is 59.3 Å². The van der Waals surface area contributed by atoms with E-state index in [-0.39, 0.29) is 5.41 Å². The van der Waals surface area contributed by atoms with Gasteiger partial charge in [0.2, 0.25) is 0 Å². The summed E-state index contributed by atoms with van der Waals surface area (Å²) in [5.74, 6) is 0.757. The van der Waals surface area contributed by atoms with E-state index in [0.29, 0.717) is 5.41 Å². The van der Waals surface area contributed by atoms with Crippen molar-refractivity contribution < 1.29 is 0 Å². The summed E-state index contributed by atoms with van der Waals surface area (Å²) in [6.45, 7) is 14.1. The Balaban J connectivity index is 2.19. The number of fused-ring (bicyclic) bond motifs is 3. The van der Waals surface area contributed by atoms with Gasteiger partial charge in [-0.15, -0.1) is 11.3 Å². The van der Waals surface area contributed by atoms with Gasteiger partial charge in [0.15, 0.2) is 0 Å². The van der Waals surface area contributed by atoms with E-state index in [2.05, 4.69) is 71.1 Å². The van der Waals surface area contributed by atoms with Crippen molar-refractivity contribution in [3.05, 3.63) is 34.2 Å². The van der Waals surface area contributed by atoms with Crippen LogP contribution in [0.4, 0.5) is 0 Å². The van der Waals surface area contributed by atoms with Gasteiger partial charge in [0.05, 0.1) is 0 Å². The van der Waals surface area contributed by atoms with E-state index in [1.807, 2.05) is 0 Å². The van der Waals surface area contributed by atoms with Gasteiger partial charge in [-0.2, -0.15) is 0 Å². The maximum Gasteiger partial charge on any atom is 0.0385 e. The highest BCUT2D eigenvalue weighted by Gasteiger charge is 2.39. The Hall–Kier alpha value is -0.820. The van der Waals surface area contributed by atoms with Crippen LogP contribution < -0.4 is 0 Å². The molecule has 1 atom stereocenters. The SMILES string of the molecule is CC(C)(C)c1cccc2c3c(sc12)C(C(C)(C)C)C3. The molecule has 19 heavy (non-hydrogen) atoms. The van der Waals surface area contributed by atoms with Gasteiger partial charge < -0.3 is 0 Å². The molecule has 0 nitrogen and oxygen atoms in total. The molecular formula is C18H24S. The average Bonchev–Trinajstić information content (AvgIpc) is 2.47. The van der Waals surface area contributed by atoms with Crippen molar-refractivity contribution in [3.63, 3.8) is 0 Å². The number of hydrogen-bond donors (Lipinski definition) is 0. The van der Waals surface area contributed by atoms with E-state index in [4.69, 9.17) is 0 Å². The Morgan fingerprint density at radius 3 is 2.32 bits per heavy atom. The Labute approximate surface area is 120 Å². The van der Waals surface area contributed by atoms with Gasteiger partial charge in [0, 0.05) is 15.5 Å². The summed E-state index contributed by atoms with van der Waals surface area (Å²) < 4.78 is 1.53. The minimum Gasteiger partial charge on any atom is -0.139 e. The van der Waals surface area contributed by atoms with Crippen molar-refractivity contribution in [2.75, 3.05) is 0 Å². The van der Waals surface area contributed by atoms with Crippen LogP contribution in [0.1, 0.15) is 63.5 Å². The molecule has 1 heterocycles. The van der Waals surface area contributed by atoms with Crippen LogP contribution in [0.3, 0.4) is 0 Å². The molecule has 0 N–H and O–H groups in total. The molecule has 1 aliphatic carbocycles. The molecule has 0 radical (unpaired) electrons. The molecule has 1 aromatic heterocycles. The fraction of sp³-hybridized carbons (Fsp3) is 0.556. The molecule has 0 spiro atoms. The molecule has 1 heteroatoms. The van der Waals surface area contributed by atoms with Crippen molar-refractivity contribution in [2.24, 2.45) is 5.41 Å². The molecule has 0 bridgehead atoms. The van der Waals surface area contributed by atoms with Crippen LogP contribution in [0.5, 0.6) is 0 Å². The maximum atomic E-state index is 2.37. The fourth-order valence-electron chi connectivity index (χ4n) is 3.14. The van der Waals surface area contributed by atoms with E-state index < -0.39 is 0 Å². The van der Waals surface area contributed by atoms with Gasteiger partial charge in [-0.05, 0) is 33.8 Å². The van der Waals surface area contributed by atoms with Crippen LogP contribution in [0, 0.1) is 5.41 Å². The monoisotopic (exact) mass is 272 g/mol. The molecule has 3 rings (SSSR count). The summed E-state index contributed by atoms with van der Waals surface area (Å²) in [6, 6.07) is 6.86. The lowest BCUT2D eigenvalue weighted by Gasteiger charge is -2.37. The van der Waals surface area contributed by atoms with Gasteiger partial charge in [0.1, 0.15) is 0 Å². The topological polar surface area (TPSA) is 0 Å². The highest BCUT2D eigenvalue weighted by molar-refractivity contribution is 7.19. The van der Waals surface area contributed by atoms with Crippen molar-refractivity contribution in [1.82, 2.24) is 0 Å². The van der Waals surface area contributed by atoms with Crippen LogP contribution in [-0.2, 0) is 11.8 Å². The second-order valence-electron chi connectivity index (χ2n) is 8.00. The first kappa shape index (κ1) is 13.2. The summed E-state index contributed by atoms with van der Waals surface area (Å²) in [6.07, 6.45) is 1.27. The molecule has 1 unspecified atom stereocenters. The lowest BCUT2D eigenvalue weighted by Crippen LogP contribution is -2.27. The summed E-state index contributed by atoms with van der Waals surface area (Å²) in [5, 5.41) is 1.52. The first-order valence-corrected chi connectivity index (χ1v) is 8.06. The lowest BCUT2D eigenvalue weighted by molar-refractivity contribution is 0.298. The van der Waals surface area contributed by atoms with Gasteiger partial charge in [0.25, 0.3) is 0 Å². The number of rotatable bonds is 0. The Morgan fingerprint density at radius 2 is 1.74 bits per heavy atom. The minimum atomic E-state index is 0.237. The van der Waals surface area contributed by atoms with Gasteiger partial charge >= 0.3 is 0 Å². The standard InChI is InChI=1S/C18H24S/c1-17(2,3)13-9-7-8-11-12-10-14(18(4,5)6)16(12)19-15(11)13/h7-9,14H,10H2,1-6H3. The molecular weight excluding hydrogens is 248 g/mol. The summed E-state index contributed by atoms with van der Waals surface area (Å²) in [7, 11) is 0. The quantitative estimate of drug-likeness (QED) is 0.561.